The second-order valence-electron chi connectivity index (χ2n) is 5.25. The van der Waals surface area contributed by atoms with E-state index in [9.17, 15) is 9.59 Å². The molecule has 0 saturated heterocycles. The monoisotopic (exact) mass is 279 g/mol. The standard InChI is InChI=1S/C15H21NO4/c1-5-19-14(18)11-7-6-8-12(9-11)16-13(17)10-20-15(2,3)4/h6-9H,5,10H2,1-4H3,(H,16,17). The van der Waals surface area contributed by atoms with Crippen molar-refractivity contribution >= 4 is 17.6 Å². The van der Waals surface area contributed by atoms with Crippen molar-refractivity contribution < 1.29 is 19.1 Å². The summed E-state index contributed by atoms with van der Waals surface area (Å²) in [5.74, 6) is -0.671. The fraction of sp³-hybridized carbons (Fsp3) is 0.467. The summed E-state index contributed by atoms with van der Waals surface area (Å²) in [6.45, 7) is 7.65. The molecule has 0 spiro atoms. The van der Waals surface area contributed by atoms with Gasteiger partial charge in [-0.05, 0) is 45.9 Å². The van der Waals surface area contributed by atoms with Crippen molar-refractivity contribution in [1.29, 1.82) is 0 Å². The Kier molecular flexibility index (Phi) is 5.70. The topological polar surface area (TPSA) is 64.6 Å². The summed E-state index contributed by atoms with van der Waals surface area (Å²) in [4.78, 5) is 23.3. The van der Waals surface area contributed by atoms with Gasteiger partial charge in [0, 0.05) is 5.69 Å². The van der Waals surface area contributed by atoms with Crippen LogP contribution in [0.25, 0.3) is 0 Å². The van der Waals surface area contributed by atoms with E-state index in [4.69, 9.17) is 9.47 Å². The van der Waals surface area contributed by atoms with Crippen LogP contribution in [-0.2, 0) is 14.3 Å². The molecule has 1 amide bonds. The average molecular weight is 279 g/mol. The van der Waals surface area contributed by atoms with Crippen molar-refractivity contribution in [2.75, 3.05) is 18.5 Å². The molecule has 20 heavy (non-hydrogen) atoms. The largest absolute Gasteiger partial charge is 0.462 e. The zero-order valence-corrected chi connectivity index (χ0v) is 12.4. The molecule has 1 N–H and O–H groups in total. The van der Waals surface area contributed by atoms with Crippen molar-refractivity contribution in [3.05, 3.63) is 29.8 Å². The number of hydrogen-bond donors (Lipinski definition) is 1. The Hall–Kier alpha value is -1.88. The summed E-state index contributed by atoms with van der Waals surface area (Å²) in [7, 11) is 0. The van der Waals surface area contributed by atoms with Crippen LogP contribution < -0.4 is 5.32 Å². The smallest absolute Gasteiger partial charge is 0.338 e. The fourth-order valence-corrected chi connectivity index (χ4v) is 1.42. The van der Waals surface area contributed by atoms with E-state index >= 15 is 0 Å². The number of hydrogen-bond acceptors (Lipinski definition) is 4. The minimum absolute atomic E-state index is 0.0346. The first-order valence-corrected chi connectivity index (χ1v) is 6.53. The van der Waals surface area contributed by atoms with Crippen molar-refractivity contribution in [3.63, 3.8) is 0 Å². The molecule has 5 heteroatoms. The number of esters is 1. The lowest BCUT2D eigenvalue weighted by Gasteiger charge is -2.19. The molecule has 1 aromatic carbocycles. The first-order valence-electron chi connectivity index (χ1n) is 6.53. The Balaban J connectivity index is 2.62. The molecule has 0 radical (unpaired) electrons. The Morgan fingerprint density at radius 1 is 1.25 bits per heavy atom. The lowest BCUT2D eigenvalue weighted by atomic mass is 10.2. The summed E-state index contributed by atoms with van der Waals surface area (Å²) in [6.07, 6.45) is 0. The number of anilines is 1. The van der Waals surface area contributed by atoms with E-state index in [1.54, 1.807) is 31.2 Å². The molecule has 1 rings (SSSR count). The van der Waals surface area contributed by atoms with E-state index < -0.39 is 5.97 Å². The number of nitrogens with one attached hydrogen (secondary N) is 1. The van der Waals surface area contributed by atoms with Gasteiger partial charge in [0.15, 0.2) is 0 Å². The molecular formula is C15H21NO4. The SMILES string of the molecule is CCOC(=O)c1cccc(NC(=O)COC(C)(C)C)c1. The molecule has 0 aromatic heterocycles. The molecule has 0 unspecified atom stereocenters. The highest BCUT2D eigenvalue weighted by Crippen LogP contribution is 2.12. The van der Waals surface area contributed by atoms with Crippen LogP contribution in [0.3, 0.4) is 0 Å². The molecule has 0 fully saturated rings. The predicted molar refractivity (Wildman–Crippen MR) is 76.7 cm³/mol. The minimum Gasteiger partial charge on any atom is -0.462 e. The van der Waals surface area contributed by atoms with Crippen LogP contribution >= 0.6 is 0 Å². The third-order valence-corrected chi connectivity index (χ3v) is 2.29. The highest BCUT2D eigenvalue weighted by molar-refractivity contribution is 5.95. The third kappa shape index (κ3) is 5.84. The molecule has 0 heterocycles. The molecule has 5 nitrogen and oxygen atoms in total. The Bertz CT molecular complexity index is 477. The molecule has 1 aromatic rings. The zero-order valence-electron chi connectivity index (χ0n) is 12.4. The maximum atomic E-state index is 11.7. The summed E-state index contributed by atoms with van der Waals surface area (Å²) in [5.41, 5.74) is 0.573. The van der Waals surface area contributed by atoms with Gasteiger partial charge in [0.05, 0.1) is 17.8 Å². The van der Waals surface area contributed by atoms with Crippen LogP contribution in [0.5, 0.6) is 0 Å². The molecule has 110 valence electrons. The first kappa shape index (κ1) is 16.2. The van der Waals surface area contributed by atoms with Crippen molar-refractivity contribution in [1.82, 2.24) is 0 Å². The van der Waals surface area contributed by atoms with Gasteiger partial charge < -0.3 is 14.8 Å². The van der Waals surface area contributed by atoms with Gasteiger partial charge in [-0.3, -0.25) is 4.79 Å². The van der Waals surface area contributed by atoms with E-state index in [2.05, 4.69) is 5.32 Å². The Labute approximate surface area is 119 Å². The van der Waals surface area contributed by atoms with Gasteiger partial charge in [-0.25, -0.2) is 4.79 Å². The number of rotatable bonds is 5. The van der Waals surface area contributed by atoms with Crippen molar-refractivity contribution in [2.24, 2.45) is 0 Å². The summed E-state index contributed by atoms with van der Waals surface area (Å²) >= 11 is 0. The quantitative estimate of drug-likeness (QED) is 0.841. The molecule has 0 saturated carbocycles. The van der Waals surface area contributed by atoms with Gasteiger partial charge in [-0.2, -0.15) is 0 Å². The van der Waals surface area contributed by atoms with Crippen LogP contribution in [0.4, 0.5) is 5.69 Å². The summed E-state index contributed by atoms with van der Waals surface area (Å²) in [6, 6.07) is 6.61. The predicted octanol–water partition coefficient (Wildman–Crippen LogP) is 2.62. The van der Waals surface area contributed by atoms with Gasteiger partial charge in [0.2, 0.25) is 5.91 Å². The molecule has 0 bridgehead atoms. The third-order valence-electron chi connectivity index (χ3n) is 2.29. The van der Waals surface area contributed by atoms with Crippen LogP contribution in [0.15, 0.2) is 24.3 Å². The van der Waals surface area contributed by atoms with Gasteiger partial charge in [-0.1, -0.05) is 6.07 Å². The molecular weight excluding hydrogens is 258 g/mol. The van der Waals surface area contributed by atoms with Crippen molar-refractivity contribution in [3.8, 4) is 0 Å². The van der Waals surface area contributed by atoms with Gasteiger partial charge in [0.25, 0.3) is 0 Å². The fourth-order valence-electron chi connectivity index (χ4n) is 1.42. The highest BCUT2D eigenvalue weighted by atomic mass is 16.5. The molecule has 0 atom stereocenters. The molecule has 0 aliphatic heterocycles. The number of benzene rings is 1. The van der Waals surface area contributed by atoms with Crippen LogP contribution in [0.1, 0.15) is 38.1 Å². The first-order chi connectivity index (χ1) is 9.31. The molecule has 0 aliphatic rings. The number of ether oxygens (including phenoxy) is 2. The second-order valence-corrected chi connectivity index (χ2v) is 5.25. The van der Waals surface area contributed by atoms with Crippen molar-refractivity contribution in [2.45, 2.75) is 33.3 Å². The van der Waals surface area contributed by atoms with E-state index in [1.165, 1.54) is 0 Å². The molecule has 0 aliphatic carbocycles. The number of carbonyl (C=O) groups excluding carboxylic acids is 2. The van der Waals surface area contributed by atoms with Crippen LogP contribution in [0.2, 0.25) is 0 Å². The van der Waals surface area contributed by atoms with Crippen LogP contribution in [0, 0.1) is 0 Å². The zero-order chi connectivity index (χ0) is 15.2. The number of amides is 1. The normalized spacial score (nSPS) is 11.0. The maximum absolute atomic E-state index is 11.7. The van der Waals surface area contributed by atoms with E-state index in [0.29, 0.717) is 17.9 Å². The summed E-state index contributed by atoms with van der Waals surface area (Å²) in [5, 5.41) is 2.68. The minimum atomic E-state index is -0.408. The average Bonchev–Trinajstić information content (AvgIpc) is 2.36. The number of carbonyl (C=O) groups is 2. The van der Waals surface area contributed by atoms with E-state index in [0.717, 1.165) is 0 Å². The lowest BCUT2D eigenvalue weighted by molar-refractivity contribution is -0.125. The Morgan fingerprint density at radius 3 is 2.55 bits per heavy atom. The summed E-state index contributed by atoms with van der Waals surface area (Å²) < 4.78 is 10.3. The highest BCUT2D eigenvalue weighted by Gasteiger charge is 2.13. The van der Waals surface area contributed by atoms with Gasteiger partial charge in [-0.15, -0.1) is 0 Å². The van der Waals surface area contributed by atoms with Gasteiger partial charge >= 0.3 is 5.97 Å². The maximum Gasteiger partial charge on any atom is 0.338 e. The van der Waals surface area contributed by atoms with Crippen LogP contribution in [-0.4, -0.2) is 30.7 Å². The van der Waals surface area contributed by atoms with E-state index in [1.807, 2.05) is 20.8 Å². The van der Waals surface area contributed by atoms with Gasteiger partial charge in [0.1, 0.15) is 6.61 Å². The Morgan fingerprint density at radius 2 is 1.95 bits per heavy atom. The lowest BCUT2D eigenvalue weighted by Crippen LogP contribution is -2.27. The van der Waals surface area contributed by atoms with E-state index in [-0.39, 0.29) is 18.1 Å². The second kappa shape index (κ2) is 7.05.